The molecule has 0 spiro atoms. The van der Waals surface area contributed by atoms with Gasteiger partial charge in [-0.15, -0.1) is 0 Å². The third-order valence-electron chi connectivity index (χ3n) is 5.91. The van der Waals surface area contributed by atoms with Crippen molar-refractivity contribution in [1.29, 1.82) is 0 Å². The number of anilines is 1. The molecule has 0 aliphatic heterocycles. The number of benzene rings is 2. The Labute approximate surface area is 193 Å². The van der Waals surface area contributed by atoms with Crippen molar-refractivity contribution in [3.8, 4) is 11.4 Å². The maximum Gasteiger partial charge on any atom is 0.268 e. The first kappa shape index (κ1) is 22.5. The molecule has 0 saturated heterocycles. The van der Waals surface area contributed by atoms with Crippen LogP contribution in [0.15, 0.2) is 59.4 Å². The fraction of sp³-hybridized carbons (Fsp3) is 0.296. The lowest BCUT2D eigenvalue weighted by Gasteiger charge is -2.22. The summed E-state index contributed by atoms with van der Waals surface area (Å²) < 4.78 is 6.96. The van der Waals surface area contributed by atoms with Gasteiger partial charge in [0, 0.05) is 29.1 Å². The molecule has 1 aromatic heterocycles. The summed E-state index contributed by atoms with van der Waals surface area (Å²) in [4.78, 5) is 39.3. The molecule has 6 nitrogen and oxygen atoms in total. The first-order valence-electron chi connectivity index (χ1n) is 11.4. The number of ketones is 1. The molecule has 0 atom stereocenters. The Bertz CT molecular complexity index is 1240. The average molecular weight is 445 g/mol. The summed E-state index contributed by atoms with van der Waals surface area (Å²) >= 11 is 0. The van der Waals surface area contributed by atoms with Gasteiger partial charge < -0.3 is 10.1 Å². The second-order valence-electron chi connectivity index (χ2n) is 8.49. The van der Waals surface area contributed by atoms with Crippen LogP contribution in [-0.2, 0) is 6.42 Å². The van der Waals surface area contributed by atoms with E-state index in [0.717, 1.165) is 5.56 Å². The van der Waals surface area contributed by atoms with Crippen molar-refractivity contribution in [3.05, 3.63) is 87.3 Å². The standard InChI is InChI=1S/C27H28N2O4/c1-4-33-21-14-10-19(11-15-21)28-26(31)23-16-22-24(6-5-7-25(22)30)29(27(23)32)20-12-8-18(9-13-20)17(2)3/h8-17H,4-7H2,1-3H3,(H,28,31). The Balaban J connectivity index is 1.76. The highest BCUT2D eigenvalue weighted by atomic mass is 16.5. The van der Waals surface area contributed by atoms with Gasteiger partial charge in [0.2, 0.25) is 0 Å². The van der Waals surface area contributed by atoms with Crippen molar-refractivity contribution in [2.45, 2.75) is 46.0 Å². The van der Waals surface area contributed by atoms with Crippen molar-refractivity contribution in [3.63, 3.8) is 0 Å². The minimum Gasteiger partial charge on any atom is -0.494 e. The van der Waals surface area contributed by atoms with Crippen LogP contribution in [-0.4, -0.2) is 22.9 Å². The van der Waals surface area contributed by atoms with Gasteiger partial charge in [0.05, 0.1) is 6.61 Å². The van der Waals surface area contributed by atoms with Crippen LogP contribution in [0.4, 0.5) is 5.69 Å². The number of fused-ring (bicyclic) bond motifs is 1. The van der Waals surface area contributed by atoms with Gasteiger partial charge >= 0.3 is 0 Å². The van der Waals surface area contributed by atoms with Crippen molar-refractivity contribution < 1.29 is 14.3 Å². The van der Waals surface area contributed by atoms with Crippen LogP contribution in [0.5, 0.6) is 5.75 Å². The van der Waals surface area contributed by atoms with Crippen LogP contribution in [0, 0.1) is 0 Å². The summed E-state index contributed by atoms with van der Waals surface area (Å²) in [6.07, 6.45) is 1.72. The second kappa shape index (κ2) is 9.45. The quantitative estimate of drug-likeness (QED) is 0.572. The Morgan fingerprint density at radius 1 is 1.03 bits per heavy atom. The molecule has 0 saturated carbocycles. The minimum atomic E-state index is -0.544. The van der Waals surface area contributed by atoms with Crippen LogP contribution < -0.4 is 15.6 Å². The molecule has 1 heterocycles. The molecule has 0 radical (unpaired) electrons. The zero-order chi connectivity index (χ0) is 23.5. The number of nitrogens with zero attached hydrogens (tertiary/aromatic N) is 1. The Morgan fingerprint density at radius 2 is 1.73 bits per heavy atom. The fourth-order valence-electron chi connectivity index (χ4n) is 4.14. The largest absolute Gasteiger partial charge is 0.494 e. The lowest BCUT2D eigenvalue weighted by molar-refractivity contribution is 0.0971. The molecule has 33 heavy (non-hydrogen) atoms. The number of pyridine rings is 1. The summed E-state index contributed by atoms with van der Waals surface area (Å²) in [6, 6.07) is 16.1. The molecule has 2 aromatic carbocycles. The molecule has 1 aliphatic carbocycles. The van der Waals surface area contributed by atoms with E-state index in [2.05, 4.69) is 19.2 Å². The highest BCUT2D eigenvalue weighted by Gasteiger charge is 2.26. The van der Waals surface area contributed by atoms with Gasteiger partial charge in [-0.05, 0) is 73.7 Å². The van der Waals surface area contributed by atoms with Crippen LogP contribution in [0.3, 0.4) is 0 Å². The molecule has 1 aliphatic rings. The maximum absolute atomic E-state index is 13.5. The van der Waals surface area contributed by atoms with E-state index in [0.29, 0.717) is 60.2 Å². The van der Waals surface area contributed by atoms with E-state index in [4.69, 9.17) is 4.74 Å². The van der Waals surface area contributed by atoms with Gasteiger partial charge in [-0.3, -0.25) is 19.0 Å². The topological polar surface area (TPSA) is 77.4 Å². The molecule has 6 heteroatoms. The number of nitrogens with one attached hydrogen (secondary N) is 1. The molecule has 0 unspecified atom stereocenters. The molecule has 0 fully saturated rings. The van der Waals surface area contributed by atoms with E-state index in [-0.39, 0.29) is 11.3 Å². The number of carbonyl (C=O) groups excluding carboxylic acids is 2. The van der Waals surface area contributed by atoms with Crippen molar-refractivity contribution in [2.24, 2.45) is 0 Å². The minimum absolute atomic E-state index is 0.0427. The van der Waals surface area contributed by atoms with Crippen LogP contribution in [0.2, 0.25) is 0 Å². The van der Waals surface area contributed by atoms with Gasteiger partial charge in [0.15, 0.2) is 5.78 Å². The number of Topliss-reactive ketones (excluding diaryl/α,β-unsaturated/α-hetero) is 1. The smallest absolute Gasteiger partial charge is 0.268 e. The number of ether oxygens (including phenoxy) is 1. The summed E-state index contributed by atoms with van der Waals surface area (Å²) in [5.74, 6) is 0.469. The fourth-order valence-corrected chi connectivity index (χ4v) is 4.14. The SMILES string of the molecule is CCOc1ccc(NC(=O)c2cc3c(n(-c4ccc(C(C)C)cc4)c2=O)CCCC3=O)cc1. The molecule has 3 aromatic rings. The van der Waals surface area contributed by atoms with Crippen molar-refractivity contribution >= 4 is 17.4 Å². The summed E-state index contributed by atoms with van der Waals surface area (Å²) in [5.41, 5.74) is 3.00. The van der Waals surface area contributed by atoms with E-state index in [1.165, 1.54) is 10.6 Å². The first-order valence-corrected chi connectivity index (χ1v) is 11.4. The second-order valence-corrected chi connectivity index (χ2v) is 8.49. The third kappa shape index (κ3) is 4.60. The Kier molecular flexibility index (Phi) is 6.45. The number of aromatic nitrogens is 1. The van der Waals surface area contributed by atoms with E-state index in [9.17, 15) is 14.4 Å². The maximum atomic E-state index is 13.5. The normalized spacial score (nSPS) is 13.0. The van der Waals surface area contributed by atoms with Crippen LogP contribution in [0.25, 0.3) is 5.69 Å². The molecule has 170 valence electrons. The number of amides is 1. The van der Waals surface area contributed by atoms with Gasteiger partial charge in [-0.2, -0.15) is 0 Å². The van der Waals surface area contributed by atoms with E-state index in [1.807, 2.05) is 31.2 Å². The van der Waals surface area contributed by atoms with E-state index in [1.54, 1.807) is 24.3 Å². The lowest BCUT2D eigenvalue weighted by Crippen LogP contribution is -2.33. The molecule has 4 rings (SSSR count). The molecule has 1 amide bonds. The predicted molar refractivity (Wildman–Crippen MR) is 129 cm³/mol. The van der Waals surface area contributed by atoms with Gasteiger partial charge in [0.25, 0.3) is 11.5 Å². The lowest BCUT2D eigenvalue weighted by atomic mass is 9.92. The average Bonchev–Trinajstić information content (AvgIpc) is 2.80. The zero-order valence-electron chi connectivity index (χ0n) is 19.2. The summed E-state index contributed by atoms with van der Waals surface area (Å²) in [7, 11) is 0. The van der Waals surface area contributed by atoms with Crippen molar-refractivity contribution in [1.82, 2.24) is 4.57 Å². The van der Waals surface area contributed by atoms with Crippen LogP contribution >= 0.6 is 0 Å². The monoisotopic (exact) mass is 444 g/mol. The predicted octanol–water partition coefficient (Wildman–Crippen LogP) is 5.13. The number of carbonyl (C=O) groups is 2. The van der Waals surface area contributed by atoms with Crippen molar-refractivity contribution in [2.75, 3.05) is 11.9 Å². The molecule has 1 N–H and O–H groups in total. The van der Waals surface area contributed by atoms with E-state index >= 15 is 0 Å². The number of hydrogen-bond acceptors (Lipinski definition) is 4. The van der Waals surface area contributed by atoms with Gasteiger partial charge in [0.1, 0.15) is 11.3 Å². The Hall–Kier alpha value is -3.67. The molecular formula is C27H28N2O4. The summed E-state index contributed by atoms with van der Waals surface area (Å²) in [6.45, 7) is 6.65. The first-order chi connectivity index (χ1) is 15.9. The van der Waals surface area contributed by atoms with Gasteiger partial charge in [-0.1, -0.05) is 26.0 Å². The highest BCUT2D eigenvalue weighted by Crippen LogP contribution is 2.25. The van der Waals surface area contributed by atoms with Crippen LogP contribution in [0.1, 0.15) is 71.5 Å². The highest BCUT2D eigenvalue weighted by molar-refractivity contribution is 6.06. The number of hydrogen-bond donors (Lipinski definition) is 1. The van der Waals surface area contributed by atoms with E-state index < -0.39 is 11.5 Å². The number of rotatable bonds is 6. The zero-order valence-corrected chi connectivity index (χ0v) is 19.2. The van der Waals surface area contributed by atoms with Gasteiger partial charge in [-0.25, -0.2) is 0 Å². The summed E-state index contributed by atoms with van der Waals surface area (Å²) in [5, 5.41) is 2.77. The Morgan fingerprint density at radius 3 is 2.36 bits per heavy atom. The molecule has 0 bridgehead atoms. The third-order valence-corrected chi connectivity index (χ3v) is 5.91. The molecular weight excluding hydrogens is 416 g/mol.